The van der Waals surface area contributed by atoms with E-state index in [1.54, 1.807) is 6.92 Å². The van der Waals surface area contributed by atoms with E-state index in [-0.39, 0.29) is 0 Å². The molecule has 0 saturated carbocycles. The molecule has 0 saturated heterocycles. The van der Waals surface area contributed by atoms with Crippen molar-refractivity contribution >= 4 is 11.4 Å². The zero-order valence-corrected chi connectivity index (χ0v) is 6.99. The van der Waals surface area contributed by atoms with Crippen LogP contribution in [0.4, 0.5) is 0 Å². The summed E-state index contributed by atoms with van der Waals surface area (Å²) in [5, 5.41) is 14.7. The fraction of sp³-hybridized carbons (Fsp3) is 0.750. The van der Waals surface area contributed by atoms with E-state index in [2.05, 4.69) is 13.8 Å². The fourth-order valence-corrected chi connectivity index (χ4v) is 1.00. The Kier molecular flexibility index (Phi) is 3.93. The normalized spacial score (nSPS) is 10.0. The van der Waals surface area contributed by atoms with E-state index in [9.17, 15) is 0 Å². The van der Waals surface area contributed by atoms with E-state index in [1.807, 2.05) is 0 Å². The molecule has 0 aliphatic rings. The average molecular weight is 140 g/mol. The fourth-order valence-electron chi connectivity index (χ4n) is 1.00. The topological polar surface area (TPSA) is 47.7 Å². The minimum absolute atomic E-state index is 0.303. The van der Waals surface area contributed by atoms with Gasteiger partial charge in [0.05, 0.1) is 5.71 Å². The quantitative estimate of drug-likeness (QED) is 0.564. The summed E-state index contributed by atoms with van der Waals surface area (Å²) in [5.41, 5.74) is 0.915. The van der Waals surface area contributed by atoms with Gasteiger partial charge in [0.2, 0.25) is 0 Å². The Bertz CT molecular complexity index is 134. The molecule has 0 radical (unpaired) electrons. The standard InChI is InChI=1S/C8H16N2/c1-4-7(5-2)8(10)6(3)9/h7,9-10H,4-5H2,1-3H3. The van der Waals surface area contributed by atoms with Gasteiger partial charge in [-0.3, -0.25) is 0 Å². The molecule has 2 heteroatoms. The van der Waals surface area contributed by atoms with Crippen LogP contribution >= 0.6 is 0 Å². The average Bonchev–Trinajstić information content (AvgIpc) is 1.90. The molecule has 0 amide bonds. The number of hydrogen-bond acceptors (Lipinski definition) is 2. The van der Waals surface area contributed by atoms with Crippen LogP contribution in [0.1, 0.15) is 33.6 Å². The lowest BCUT2D eigenvalue weighted by Crippen LogP contribution is -2.18. The molecule has 0 atom stereocenters. The Labute approximate surface area is 62.7 Å². The summed E-state index contributed by atoms with van der Waals surface area (Å²) in [6.07, 6.45) is 1.96. The second-order valence-electron chi connectivity index (χ2n) is 2.55. The predicted molar refractivity (Wildman–Crippen MR) is 45.2 cm³/mol. The highest BCUT2D eigenvalue weighted by Gasteiger charge is 2.10. The number of nitrogens with one attached hydrogen (secondary N) is 2. The van der Waals surface area contributed by atoms with Crippen LogP contribution in [-0.4, -0.2) is 11.4 Å². The minimum Gasteiger partial charge on any atom is -0.304 e. The molecule has 2 N–H and O–H groups in total. The summed E-state index contributed by atoms with van der Waals surface area (Å²) in [4.78, 5) is 0. The molecule has 58 valence electrons. The van der Waals surface area contributed by atoms with Crippen LogP contribution in [0, 0.1) is 16.7 Å². The van der Waals surface area contributed by atoms with Crippen molar-refractivity contribution < 1.29 is 0 Å². The van der Waals surface area contributed by atoms with Gasteiger partial charge in [-0.1, -0.05) is 13.8 Å². The van der Waals surface area contributed by atoms with Crippen molar-refractivity contribution in [3.63, 3.8) is 0 Å². The van der Waals surface area contributed by atoms with Gasteiger partial charge in [-0.25, -0.2) is 0 Å². The summed E-state index contributed by atoms with van der Waals surface area (Å²) in [5.74, 6) is 0.303. The van der Waals surface area contributed by atoms with E-state index in [0.29, 0.717) is 17.3 Å². The number of rotatable bonds is 4. The maximum absolute atomic E-state index is 7.48. The van der Waals surface area contributed by atoms with Gasteiger partial charge in [-0.05, 0) is 19.8 Å². The van der Waals surface area contributed by atoms with E-state index >= 15 is 0 Å². The highest BCUT2D eigenvalue weighted by Crippen LogP contribution is 2.09. The van der Waals surface area contributed by atoms with Crippen molar-refractivity contribution in [2.75, 3.05) is 0 Å². The Morgan fingerprint density at radius 1 is 1.20 bits per heavy atom. The van der Waals surface area contributed by atoms with E-state index in [0.717, 1.165) is 12.8 Å². The summed E-state index contributed by atoms with van der Waals surface area (Å²) in [6.45, 7) is 5.80. The van der Waals surface area contributed by atoms with Gasteiger partial charge in [0.1, 0.15) is 0 Å². The van der Waals surface area contributed by atoms with Crippen molar-refractivity contribution in [2.45, 2.75) is 33.6 Å². The van der Waals surface area contributed by atoms with E-state index in [4.69, 9.17) is 10.8 Å². The lowest BCUT2D eigenvalue weighted by atomic mass is 9.95. The van der Waals surface area contributed by atoms with Gasteiger partial charge >= 0.3 is 0 Å². The molecule has 0 aliphatic heterocycles. The van der Waals surface area contributed by atoms with Crippen molar-refractivity contribution in [3.05, 3.63) is 0 Å². The van der Waals surface area contributed by atoms with Crippen LogP contribution < -0.4 is 0 Å². The molecule has 0 fully saturated rings. The first-order valence-corrected chi connectivity index (χ1v) is 3.77. The Morgan fingerprint density at radius 2 is 1.60 bits per heavy atom. The monoisotopic (exact) mass is 140 g/mol. The van der Waals surface area contributed by atoms with Gasteiger partial charge in [-0.15, -0.1) is 0 Å². The Morgan fingerprint density at radius 3 is 1.70 bits per heavy atom. The largest absolute Gasteiger partial charge is 0.304 e. The van der Waals surface area contributed by atoms with Crippen molar-refractivity contribution in [1.29, 1.82) is 10.8 Å². The summed E-state index contributed by atoms with van der Waals surface area (Å²) >= 11 is 0. The molecule has 10 heavy (non-hydrogen) atoms. The molecule has 2 nitrogen and oxygen atoms in total. The maximum atomic E-state index is 7.48. The molecule has 0 unspecified atom stereocenters. The molecule has 0 aromatic carbocycles. The first-order valence-electron chi connectivity index (χ1n) is 3.77. The van der Waals surface area contributed by atoms with Crippen LogP contribution in [-0.2, 0) is 0 Å². The number of hydrogen-bond donors (Lipinski definition) is 2. The molecular formula is C8H16N2. The lowest BCUT2D eigenvalue weighted by Gasteiger charge is -2.11. The van der Waals surface area contributed by atoms with Gasteiger partial charge in [0.15, 0.2) is 0 Å². The molecule has 0 bridgehead atoms. The molecular weight excluding hydrogens is 124 g/mol. The zero-order valence-electron chi connectivity index (χ0n) is 6.99. The first kappa shape index (κ1) is 9.34. The van der Waals surface area contributed by atoms with Crippen LogP contribution in [0.2, 0.25) is 0 Å². The van der Waals surface area contributed by atoms with Crippen molar-refractivity contribution in [1.82, 2.24) is 0 Å². The van der Waals surface area contributed by atoms with Crippen LogP contribution in [0.5, 0.6) is 0 Å². The van der Waals surface area contributed by atoms with Crippen LogP contribution in [0.15, 0.2) is 0 Å². The first-order chi connectivity index (χ1) is 4.63. The smallest absolute Gasteiger partial charge is 0.0549 e. The summed E-state index contributed by atoms with van der Waals surface area (Å²) in [7, 11) is 0. The SMILES string of the molecule is CCC(CC)C(=N)C(C)=N. The third-order valence-electron chi connectivity index (χ3n) is 1.80. The molecule has 0 aromatic rings. The summed E-state index contributed by atoms with van der Waals surface area (Å²) < 4.78 is 0. The van der Waals surface area contributed by atoms with Crippen molar-refractivity contribution in [3.8, 4) is 0 Å². The second kappa shape index (κ2) is 4.20. The Balaban J connectivity index is 4.02. The third-order valence-corrected chi connectivity index (χ3v) is 1.80. The molecule has 0 heterocycles. The van der Waals surface area contributed by atoms with E-state index in [1.165, 1.54) is 0 Å². The molecule has 0 aliphatic carbocycles. The third kappa shape index (κ3) is 2.29. The maximum Gasteiger partial charge on any atom is 0.0549 e. The van der Waals surface area contributed by atoms with Crippen LogP contribution in [0.25, 0.3) is 0 Å². The highest BCUT2D eigenvalue weighted by atomic mass is 14.5. The lowest BCUT2D eigenvalue weighted by molar-refractivity contribution is 0.644. The second-order valence-corrected chi connectivity index (χ2v) is 2.55. The molecule has 0 spiro atoms. The van der Waals surface area contributed by atoms with Crippen molar-refractivity contribution in [2.24, 2.45) is 5.92 Å². The Hall–Kier alpha value is -0.660. The van der Waals surface area contributed by atoms with E-state index < -0.39 is 0 Å². The predicted octanol–water partition coefficient (Wildman–Crippen LogP) is 2.48. The highest BCUT2D eigenvalue weighted by molar-refractivity contribution is 6.39. The van der Waals surface area contributed by atoms with Gasteiger partial charge in [-0.2, -0.15) is 0 Å². The molecule has 0 aromatic heterocycles. The minimum atomic E-state index is 0.303. The summed E-state index contributed by atoms with van der Waals surface area (Å²) in [6, 6.07) is 0. The van der Waals surface area contributed by atoms with Gasteiger partial charge < -0.3 is 10.8 Å². The zero-order chi connectivity index (χ0) is 8.15. The van der Waals surface area contributed by atoms with Gasteiger partial charge in [0.25, 0.3) is 0 Å². The van der Waals surface area contributed by atoms with Crippen LogP contribution in [0.3, 0.4) is 0 Å². The molecule has 0 rings (SSSR count). The van der Waals surface area contributed by atoms with Gasteiger partial charge in [0, 0.05) is 11.6 Å².